The van der Waals surface area contributed by atoms with Crippen LogP contribution in [0.1, 0.15) is 5.56 Å². The minimum Gasteiger partial charge on any atom is -0.256 e. The van der Waals surface area contributed by atoms with Gasteiger partial charge >= 0.3 is 0 Å². The molecule has 1 aromatic heterocycles. The third-order valence-electron chi connectivity index (χ3n) is 9.36. The summed E-state index contributed by atoms with van der Waals surface area (Å²) < 4.78 is 1.94. The van der Waals surface area contributed by atoms with Crippen molar-refractivity contribution in [2.24, 2.45) is 10.3 Å². The van der Waals surface area contributed by atoms with E-state index in [0.29, 0.717) is 6.54 Å². The SMILES string of the molecule is c1ccc(-c2cccc([N+]3=NN=C(c4ccc(-c5cc(-c6cccc7ccccc67)cc(-c6cccc7ccccc67)c5)cc4)C3)c2)nc1. The number of fused-ring (bicyclic) bond motifs is 2. The number of hydrogen-bond acceptors (Lipinski definition) is 3. The van der Waals surface area contributed by atoms with Crippen molar-refractivity contribution in [3.63, 3.8) is 0 Å². The Morgan fingerprint density at radius 1 is 0.429 bits per heavy atom. The molecule has 0 N–H and O–H groups in total. The van der Waals surface area contributed by atoms with Gasteiger partial charge < -0.3 is 0 Å². The van der Waals surface area contributed by atoms with Crippen LogP contribution >= 0.6 is 0 Å². The van der Waals surface area contributed by atoms with Gasteiger partial charge in [0.05, 0.1) is 10.8 Å². The standard InChI is InChI=1S/C45H31N4/c1-3-16-40-32(10-1)12-8-18-42(40)37-26-36(27-38(28-37)43-19-9-13-33-11-2-4-17-41(33)43)31-21-23-34(24-22-31)45-30-49(48-47-45)39-15-7-14-35(29-39)44-20-5-6-25-46-44/h1-29H,30H2/q+1. The van der Waals surface area contributed by atoms with Gasteiger partial charge in [-0.1, -0.05) is 127 Å². The van der Waals surface area contributed by atoms with E-state index < -0.39 is 0 Å². The Morgan fingerprint density at radius 2 is 1.02 bits per heavy atom. The number of pyridine rings is 1. The lowest BCUT2D eigenvalue weighted by atomic mass is 9.89. The summed E-state index contributed by atoms with van der Waals surface area (Å²) >= 11 is 0. The fourth-order valence-corrected chi connectivity index (χ4v) is 6.88. The Morgan fingerprint density at radius 3 is 1.69 bits per heavy atom. The third-order valence-corrected chi connectivity index (χ3v) is 9.36. The first-order valence-corrected chi connectivity index (χ1v) is 16.6. The van der Waals surface area contributed by atoms with Gasteiger partial charge in [-0.25, -0.2) is 0 Å². The van der Waals surface area contributed by atoms with Crippen molar-refractivity contribution in [2.45, 2.75) is 0 Å². The maximum Gasteiger partial charge on any atom is 0.231 e. The molecule has 0 atom stereocenters. The monoisotopic (exact) mass is 627 g/mol. The van der Waals surface area contributed by atoms with E-state index in [4.69, 9.17) is 0 Å². The van der Waals surface area contributed by atoms with Crippen LogP contribution in [-0.2, 0) is 0 Å². The first-order chi connectivity index (χ1) is 24.3. The van der Waals surface area contributed by atoms with Crippen molar-refractivity contribution in [2.75, 3.05) is 6.54 Å². The average Bonchev–Trinajstić information content (AvgIpc) is 3.68. The van der Waals surface area contributed by atoms with Crippen LogP contribution in [0.5, 0.6) is 0 Å². The normalized spacial score (nSPS) is 12.7. The first kappa shape index (κ1) is 28.7. The fraction of sp³-hybridized carbons (Fsp3) is 0.0222. The number of hydrogen-bond donors (Lipinski definition) is 0. The predicted octanol–water partition coefficient (Wildman–Crippen LogP) is 11.6. The molecule has 0 fully saturated rings. The molecule has 0 spiro atoms. The molecule has 0 bridgehead atoms. The number of rotatable bonds is 6. The molecular formula is C45H31N4+. The lowest BCUT2D eigenvalue weighted by Gasteiger charge is -2.14. The molecular weight excluding hydrogens is 597 g/mol. The zero-order valence-corrected chi connectivity index (χ0v) is 26.7. The van der Waals surface area contributed by atoms with E-state index in [-0.39, 0.29) is 0 Å². The van der Waals surface area contributed by atoms with Crippen LogP contribution in [0.25, 0.3) is 66.2 Å². The zero-order valence-electron chi connectivity index (χ0n) is 26.7. The van der Waals surface area contributed by atoms with E-state index >= 15 is 0 Å². The van der Waals surface area contributed by atoms with Gasteiger partial charge in [0.1, 0.15) is 5.22 Å². The third kappa shape index (κ3) is 5.49. The molecule has 1 aliphatic heterocycles. The molecule has 2 heterocycles. The van der Waals surface area contributed by atoms with Gasteiger partial charge in [0, 0.05) is 17.3 Å². The molecule has 0 saturated carbocycles. The highest BCUT2D eigenvalue weighted by Gasteiger charge is 2.24. The smallest absolute Gasteiger partial charge is 0.231 e. The van der Waals surface area contributed by atoms with E-state index in [1.807, 2.05) is 35.2 Å². The molecule has 0 aliphatic carbocycles. The highest BCUT2D eigenvalue weighted by molar-refractivity contribution is 6.03. The van der Waals surface area contributed by atoms with Gasteiger partial charge in [0.2, 0.25) is 5.71 Å². The quantitative estimate of drug-likeness (QED) is 0.169. The van der Waals surface area contributed by atoms with Crippen molar-refractivity contribution >= 4 is 32.9 Å². The maximum atomic E-state index is 4.59. The highest BCUT2D eigenvalue weighted by Crippen LogP contribution is 2.38. The van der Waals surface area contributed by atoms with Gasteiger partial charge in [-0.05, 0) is 97.4 Å². The molecule has 0 radical (unpaired) electrons. The Hall–Kier alpha value is -6.52. The number of nitrogens with zero attached hydrogens (tertiary/aromatic N) is 4. The minimum absolute atomic E-state index is 0.604. The molecule has 0 amide bonds. The molecule has 49 heavy (non-hydrogen) atoms. The lowest BCUT2D eigenvalue weighted by Crippen LogP contribution is -2.11. The van der Waals surface area contributed by atoms with Crippen LogP contribution in [0.15, 0.2) is 186 Å². The van der Waals surface area contributed by atoms with E-state index in [2.05, 4.69) is 161 Å². The maximum absolute atomic E-state index is 4.59. The van der Waals surface area contributed by atoms with Gasteiger partial charge in [0.25, 0.3) is 0 Å². The topological polar surface area (TPSA) is 40.6 Å². The van der Waals surface area contributed by atoms with E-state index in [9.17, 15) is 0 Å². The minimum atomic E-state index is 0.604. The second-order valence-electron chi connectivity index (χ2n) is 12.4. The molecule has 9 rings (SSSR count). The number of benzene rings is 7. The van der Waals surface area contributed by atoms with Gasteiger partial charge in [-0.15, -0.1) is 4.70 Å². The van der Waals surface area contributed by atoms with Crippen molar-refractivity contribution in [1.29, 1.82) is 0 Å². The molecule has 230 valence electrons. The highest BCUT2D eigenvalue weighted by atomic mass is 15.5. The fourth-order valence-electron chi connectivity index (χ4n) is 6.88. The van der Waals surface area contributed by atoms with Crippen LogP contribution in [0.2, 0.25) is 0 Å². The summed E-state index contributed by atoms with van der Waals surface area (Å²) in [4.78, 5) is 4.51. The zero-order chi connectivity index (χ0) is 32.6. The molecule has 0 unspecified atom stereocenters. The summed E-state index contributed by atoms with van der Waals surface area (Å²) in [6.45, 7) is 0.604. The summed E-state index contributed by atoms with van der Waals surface area (Å²) in [6.07, 6.45) is 1.82. The Bertz CT molecular complexity index is 2460. The molecule has 0 saturated heterocycles. The van der Waals surface area contributed by atoms with Crippen LogP contribution < -0.4 is 0 Å². The summed E-state index contributed by atoms with van der Waals surface area (Å²) in [5, 5.41) is 14.1. The van der Waals surface area contributed by atoms with Gasteiger partial charge in [-0.2, -0.15) is 0 Å². The summed E-state index contributed by atoms with van der Waals surface area (Å²) in [6, 6.07) is 60.4. The van der Waals surface area contributed by atoms with Crippen molar-refractivity contribution in [1.82, 2.24) is 4.98 Å². The van der Waals surface area contributed by atoms with Crippen LogP contribution in [0.4, 0.5) is 5.69 Å². The first-order valence-electron chi connectivity index (χ1n) is 16.6. The molecule has 4 heteroatoms. The van der Waals surface area contributed by atoms with Crippen molar-refractivity contribution in [3.05, 3.63) is 182 Å². The van der Waals surface area contributed by atoms with Gasteiger partial charge in [0.15, 0.2) is 12.2 Å². The summed E-state index contributed by atoms with van der Waals surface area (Å²) in [5.41, 5.74) is 12.2. The van der Waals surface area contributed by atoms with E-state index in [1.54, 1.807) is 0 Å². The second-order valence-corrected chi connectivity index (χ2v) is 12.4. The van der Waals surface area contributed by atoms with Gasteiger partial charge in [-0.3, -0.25) is 4.98 Å². The summed E-state index contributed by atoms with van der Waals surface area (Å²) in [7, 11) is 0. The number of aromatic nitrogens is 1. The Kier molecular flexibility index (Phi) is 7.17. The Labute approximate surface area is 285 Å². The Balaban J connectivity index is 1.06. The van der Waals surface area contributed by atoms with E-state index in [1.165, 1.54) is 49.4 Å². The molecule has 1 aliphatic rings. The molecule has 7 aromatic carbocycles. The second kappa shape index (κ2) is 12.3. The average molecular weight is 628 g/mol. The molecule has 8 aromatic rings. The predicted molar refractivity (Wildman–Crippen MR) is 201 cm³/mol. The van der Waals surface area contributed by atoms with Crippen molar-refractivity contribution < 1.29 is 4.70 Å². The van der Waals surface area contributed by atoms with Crippen LogP contribution in [0, 0.1) is 0 Å². The van der Waals surface area contributed by atoms with Crippen molar-refractivity contribution in [3.8, 4) is 44.6 Å². The molecule has 4 nitrogen and oxygen atoms in total. The van der Waals surface area contributed by atoms with Crippen LogP contribution in [-0.4, -0.2) is 21.9 Å². The lowest BCUT2D eigenvalue weighted by molar-refractivity contribution is -0.492. The summed E-state index contributed by atoms with van der Waals surface area (Å²) in [5.74, 6) is 0. The van der Waals surface area contributed by atoms with Crippen LogP contribution in [0.3, 0.4) is 0 Å². The van der Waals surface area contributed by atoms with E-state index in [0.717, 1.165) is 33.8 Å². The largest absolute Gasteiger partial charge is 0.256 e.